The average molecular weight is 590 g/mol. The van der Waals surface area contributed by atoms with Gasteiger partial charge in [-0.05, 0) is 48.0 Å². The molecule has 3 heterocycles. The molecule has 1 fully saturated rings. The maximum absolute atomic E-state index is 12.7. The van der Waals surface area contributed by atoms with Crippen molar-refractivity contribution in [2.45, 2.75) is 27.8 Å². The minimum Gasteiger partial charge on any atom is -0.333 e. The molecule has 3 aromatic carbocycles. The number of benzene rings is 3. The zero-order valence-electron chi connectivity index (χ0n) is 17.4. The van der Waals surface area contributed by atoms with Crippen LogP contribution in [0.4, 0.5) is 16.5 Å². The zero-order chi connectivity index (χ0) is 23.4. The van der Waals surface area contributed by atoms with Crippen LogP contribution < -0.4 is 9.80 Å². The summed E-state index contributed by atoms with van der Waals surface area (Å²) < 4.78 is 0.970. The second-order valence-corrected chi connectivity index (χ2v) is 11.8. The van der Waals surface area contributed by atoms with E-state index in [1.54, 1.807) is 16.7 Å². The normalized spacial score (nSPS) is 19.0. The molecule has 0 radical (unpaired) electrons. The molecule has 6 rings (SSSR count). The van der Waals surface area contributed by atoms with Crippen LogP contribution in [0.3, 0.4) is 0 Å². The Labute approximate surface area is 222 Å². The fraction of sp³-hybridized carbons (Fsp3) is 0.125. The van der Waals surface area contributed by atoms with Crippen LogP contribution in [0.25, 0.3) is 0 Å². The van der Waals surface area contributed by atoms with E-state index in [0.717, 1.165) is 31.3 Å². The number of fused-ring (bicyclic) bond motifs is 2. The molecule has 170 valence electrons. The van der Waals surface area contributed by atoms with Gasteiger partial charge < -0.3 is 4.90 Å². The number of carbonyl (C=O) groups excluding carboxylic acids is 1. The second kappa shape index (κ2) is 8.84. The smallest absolute Gasteiger partial charge is 0.250 e. The van der Waals surface area contributed by atoms with E-state index >= 15 is 0 Å². The quantitative estimate of drug-likeness (QED) is 0.183. The van der Waals surface area contributed by atoms with Gasteiger partial charge in [0.05, 0.1) is 24.0 Å². The van der Waals surface area contributed by atoms with E-state index < -0.39 is 5.38 Å². The number of β-lactam (4-membered cyclic amide) rings is 1. The van der Waals surface area contributed by atoms with Crippen LogP contribution in [0.2, 0.25) is 5.02 Å². The second-order valence-electron chi connectivity index (χ2n) is 7.85. The first kappa shape index (κ1) is 22.4. The van der Waals surface area contributed by atoms with Crippen molar-refractivity contribution in [3.05, 3.63) is 86.8 Å². The average Bonchev–Trinajstić information content (AvgIpc) is 3.30. The van der Waals surface area contributed by atoms with E-state index in [1.807, 2.05) is 54.6 Å². The molecule has 10 heteroatoms. The van der Waals surface area contributed by atoms with Crippen molar-refractivity contribution in [1.29, 1.82) is 0 Å². The van der Waals surface area contributed by atoms with Gasteiger partial charge in [-0.1, -0.05) is 74.9 Å². The third-order valence-corrected chi connectivity index (χ3v) is 9.01. The van der Waals surface area contributed by atoms with Crippen LogP contribution in [0.15, 0.2) is 81.0 Å². The number of alkyl halides is 1. The van der Waals surface area contributed by atoms with E-state index in [9.17, 15) is 4.79 Å². The lowest BCUT2D eigenvalue weighted by atomic mass is 9.94. The molecule has 4 aromatic rings. The number of hydrogen-bond donors (Lipinski definition) is 0. The molecule has 2 aliphatic rings. The summed E-state index contributed by atoms with van der Waals surface area (Å²) in [5, 5.41) is 10.2. The monoisotopic (exact) mass is 588 g/mol. The minimum atomic E-state index is -0.617. The molecule has 0 aliphatic carbocycles. The van der Waals surface area contributed by atoms with Crippen LogP contribution >= 0.6 is 62.2 Å². The molecule has 0 spiro atoms. The number of rotatable bonds is 4. The molecule has 0 bridgehead atoms. The molecule has 1 amide bonds. The largest absolute Gasteiger partial charge is 0.333 e. The number of anilines is 3. The summed E-state index contributed by atoms with van der Waals surface area (Å²) in [6.45, 7) is 0.512. The lowest BCUT2D eigenvalue weighted by Crippen LogP contribution is -2.56. The van der Waals surface area contributed by atoms with Gasteiger partial charge in [-0.25, -0.2) is 0 Å². The number of aromatic nitrogens is 2. The highest BCUT2D eigenvalue weighted by Crippen LogP contribution is 2.50. The summed E-state index contributed by atoms with van der Waals surface area (Å²) in [5.41, 5.74) is 3.08. The predicted molar refractivity (Wildman–Crippen MR) is 142 cm³/mol. The van der Waals surface area contributed by atoms with Crippen molar-refractivity contribution in [2.24, 2.45) is 0 Å². The van der Waals surface area contributed by atoms with Gasteiger partial charge in [-0.3, -0.25) is 9.69 Å². The standard InChI is InChI=1S/C24H15BrCl2N4OS2/c25-14-7-5-13(6-8-14)22-21(27)23(32)31(22)24-29-28-20(34-24)12-30-16-3-1-2-4-18(16)33-19-10-9-15(26)11-17(19)30/h1-11,21-22H,12H2. The predicted octanol–water partition coefficient (Wildman–Crippen LogP) is 7.45. The van der Waals surface area contributed by atoms with Crippen LogP contribution in [0.5, 0.6) is 0 Å². The van der Waals surface area contributed by atoms with Crippen LogP contribution in [0, 0.1) is 0 Å². The van der Waals surface area contributed by atoms with Crippen LogP contribution in [-0.2, 0) is 11.3 Å². The molecular formula is C24H15BrCl2N4OS2. The maximum atomic E-state index is 12.7. The number of halogens is 3. The van der Waals surface area contributed by atoms with E-state index in [1.165, 1.54) is 16.2 Å². The highest BCUT2D eigenvalue weighted by molar-refractivity contribution is 9.10. The van der Waals surface area contributed by atoms with Gasteiger partial charge in [0.1, 0.15) is 10.4 Å². The topological polar surface area (TPSA) is 49.3 Å². The van der Waals surface area contributed by atoms with Crippen molar-refractivity contribution in [1.82, 2.24) is 10.2 Å². The SMILES string of the molecule is O=C1C(Cl)C(c2ccc(Br)cc2)N1c1nnc(CN2c3ccccc3Sc3ccc(Cl)cc32)s1. The molecule has 0 N–H and O–H groups in total. The Morgan fingerprint density at radius 3 is 2.56 bits per heavy atom. The fourth-order valence-corrected chi connectivity index (χ4v) is 6.90. The third-order valence-electron chi connectivity index (χ3n) is 5.78. The number of hydrogen-bond acceptors (Lipinski definition) is 6. The van der Waals surface area contributed by atoms with E-state index in [2.05, 4.69) is 43.2 Å². The highest BCUT2D eigenvalue weighted by Gasteiger charge is 2.49. The summed E-state index contributed by atoms with van der Waals surface area (Å²) >= 11 is 19.3. The first-order chi connectivity index (χ1) is 16.5. The molecule has 1 saturated heterocycles. The van der Waals surface area contributed by atoms with Crippen molar-refractivity contribution < 1.29 is 4.79 Å². The van der Waals surface area contributed by atoms with Gasteiger partial charge in [-0.15, -0.1) is 21.8 Å². The van der Waals surface area contributed by atoms with E-state index in [0.29, 0.717) is 16.7 Å². The van der Waals surface area contributed by atoms with Crippen molar-refractivity contribution >= 4 is 84.6 Å². The van der Waals surface area contributed by atoms with Crippen molar-refractivity contribution in [3.8, 4) is 0 Å². The number of para-hydroxylation sites is 1. The van der Waals surface area contributed by atoms with Crippen LogP contribution in [-0.4, -0.2) is 21.5 Å². The number of amides is 1. The Bertz CT molecular complexity index is 1410. The van der Waals surface area contributed by atoms with Crippen molar-refractivity contribution in [2.75, 3.05) is 9.80 Å². The maximum Gasteiger partial charge on any atom is 0.250 e. The molecule has 34 heavy (non-hydrogen) atoms. The molecule has 0 saturated carbocycles. The lowest BCUT2D eigenvalue weighted by Gasteiger charge is -2.42. The van der Waals surface area contributed by atoms with E-state index in [4.69, 9.17) is 23.2 Å². The Kier molecular flexibility index (Phi) is 5.82. The van der Waals surface area contributed by atoms with Crippen molar-refractivity contribution in [3.63, 3.8) is 0 Å². The summed E-state index contributed by atoms with van der Waals surface area (Å²) in [6.07, 6.45) is 0. The summed E-state index contributed by atoms with van der Waals surface area (Å²) in [5.74, 6) is -0.158. The number of carbonyl (C=O) groups is 1. The third kappa shape index (κ3) is 3.82. The molecule has 5 nitrogen and oxygen atoms in total. The Hall–Kier alpha value is -2.10. The molecular weight excluding hydrogens is 575 g/mol. The summed E-state index contributed by atoms with van der Waals surface area (Å²) in [4.78, 5) is 18.8. The lowest BCUT2D eigenvalue weighted by molar-refractivity contribution is -0.123. The molecule has 2 unspecified atom stereocenters. The molecule has 1 aromatic heterocycles. The Morgan fingerprint density at radius 1 is 0.971 bits per heavy atom. The van der Waals surface area contributed by atoms with Gasteiger partial charge >= 0.3 is 0 Å². The molecule has 2 aliphatic heterocycles. The first-order valence-corrected chi connectivity index (χ1v) is 13.6. The summed E-state index contributed by atoms with van der Waals surface area (Å²) in [7, 11) is 0. The molecule has 2 atom stereocenters. The van der Waals surface area contributed by atoms with Crippen LogP contribution in [0.1, 0.15) is 16.6 Å². The van der Waals surface area contributed by atoms with Gasteiger partial charge in [0.25, 0.3) is 0 Å². The number of nitrogens with zero attached hydrogens (tertiary/aromatic N) is 4. The van der Waals surface area contributed by atoms with Gasteiger partial charge in [0.15, 0.2) is 0 Å². The summed E-state index contributed by atoms with van der Waals surface area (Å²) in [6, 6.07) is 21.7. The fourth-order valence-electron chi connectivity index (χ4n) is 4.16. The highest BCUT2D eigenvalue weighted by atomic mass is 79.9. The van der Waals surface area contributed by atoms with Gasteiger partial charge in [0, 0.05) is 19.3 Å². The Balaban J connectivity index is 1.32. The minimum absolute atomic E-state index is 0.158. The Morgan fingerprint density at radius 2 is 1.74 bits per heavy atom. The van der Waals surface area contributed by atoms with Gasteiger partial charge in [0.2, 0.25) is 11.0 Å². The van der Waals surface area contributed by atoms with E-state index in [-0.39, 0.29) is 11.9 Å². The van der Waals surface area contributed by atoms with Gasteiger partial charge in [-0.2, -0.15) is 0 Å². The zero-order valence-corrected chi connectivity index (χ0v) is 22.1. The first-order valence-electron chi connectivity index (χ1n) is 10.4.